The van der Waals surface area contributed by atoms with E-state index >= 15 is 0 Å². The molecular formula is C68H36N4OS2. The molecule has 0 atom stereocenters. The number of furan rings is 1. The van der Waals surface area contributed by atoms with E-state index in [2.05, 4.69) is 39.7 Å². The van der Waals surface area contributed by atoms with Gasteiger partial charge in [0.15, 0.2) is 0 Å². The summed E-state index contributed by atoms with van der Waals surface area (Å²) < 4.78 is 123. The van der Waals surface area contributed by atoms with Gasteiger partial charge in [0.2, 0.25) is 5.69 Å². The first-order chi connectivity index (χ1) is 42.1. The quantitative estimate of drug-likeness (QED) is 0.161. The van der Waals surface area contributed by atoms with E-state index in [9.17, 15) is 22.8 Å². The third-order valence-corrected chi connectivity index (χ3v) is 16.7. The molecular weight excluding hydrogens is 953 g/mol. The zero-order chi connectivity index (χ0) is 59.9. The van der Waals surface area contributed by atoms with Gasteiger partial charge >= 0.3 is 0 Å². The molecule has 0 fully saturated rings. The van der Waals surface area contributed by atoms with Crippen LogP contribution in [-0.4, -0.2) is 9.13 Å². The Hall–Kier alpha value is -9.76. The Bertz CT molecular complexity index is 5790. The molecule has 346 valence electrons. The Morgan fingerprint density at radius 3 is 1.67 bits per heavy atom. The van der Waals surface area contributed by atoms with E-state index < -0.39 is 60.4 Å². The standard InChI is InChI=1S/C68H36N4OS2/c1-70-62-60(39-16-4-2-5-17-39)53(38-69)63(72-64-48(31-33-50-46-22-10-14-26-58(46)74-67(50)64)49-32-34-51-47-23-11-15-27-59(47)75-68(51)65(49)72)61(40-18-6-3-7-19-40)66(62)71-54-24-12-8-20-43(54)44-30-28-42(37-55(44)71)41-29-35-57-52(36-41)45-21-9-13-25-56(45)73-57/h2-37H/i10D,11D,14D,15D,22D,23D,26D,27D,31D,32D,33D,34D. The molecule has 0 aliphatic heterocycles. The number of rotatable bonds is 5. The molecule has 5 heterocycles. The third-order valence-electron chi connectivity index (χ3n) is 14.5. The smallest absolute Gasteiger partial charge is 0.220 e. The summed E-state index contributed by atoms with van der Waals surface area (Å²) in [4.78, 5) is 4.48. The molecule has 0 amide bonds. The van der Waals surface area contributed by atoms with Crippen LogP contribution in [0.25, 0.3) is 155 Å². The number of thiophene rings is 2. The van der Waals surface area contributed by atoms with Gasteiger partial charge in [0.1, 0.15) is 17.2 Å². The average molecular weight is 1000 g/mol. The molecule has 5 aromatic heterocycles. The Kier molecular flexibility index (Phi) is 6.70. The summed E-state index contributed by atoms with van der Waals surface area (Å²) in [7, 11) is 0. The lowest BCUT2D eigenvalue weighted by atomic mass is 9.88. The van der Waals surface area contributed by atoms with Crippen LogP contribution in [-0.2, 0) is 0 Å². The summed E-state index contributed by atoms with van der Waals surface area (Å²) >= 11 is 1.94. The van der Waals surface area contributed by atoms with Gasteiger partial charge in [-0.25, -0.2) is 4.85 Å². The Labute approximate surface area is 453 Å². The van der Waals surface area contributed by atoms with Crippen molar-refractivity contribution in [2.75, 3.05) is 0 Å². The zero-order valence-electron chi connectivity index (χ0n) is 50.9. The van der Waals surface area contributed by atoms with Gasteiger partial charge in [-0.3, -0.25) is 0 Å². The van der Waals surface area contributed by atoms with Gasteiger partial charge in [-0.05, 0) is 64.7 Å². The maximum atomic E-state index is 12.4. The van der Waals surface area contributed by atoms with Crippen LogP contribution in [0.15, 0.2) is 223 Å². The summed E-state index contributed by atoms with van der Waals surface area (Å²) in [5.41, 5.74) is 6.94. The van der Waals surface area contributed by atoms with Crippen molar-refractivity contribution < 1.29 is 20.9 Å². The monoisotopic (exact) mass is 1000 g/mol. The van der Waals surface area contributed by atoms with Gasteiger partial charge in [-0.2, -0.15) is 5.26 Å². The molecule has 0 saturated heterocycles. The topological polar surface area (TPSA) is 51.1 Å². The van der Waals surface area contributed by atoms with Crippen molar-refractivity contribution in [3.8, 4) is 50.8 Å². The highest BCUT2D eigenvalue weighted by Gasteiger charge is 2.33. The second-order valence-corrected chi connectivity index (χ2v) is 20.4. The van der Waals surface area contributed by atoms with Gasteiger partial charge < -0.3 is 13.6 Å². The highest BCUT2D eigenvalue weighted by atomic mass is 32.1. The number of hydrogen-bond acceptors (Lipinski definition) is 4. The molecule has 0 bridgehead atoms. The molecule has 16 rings (SSSR count). The van der Waals surface area contributed by atoms with Crippen LogP contribution in [0, 0.1) is 17.9 Å². The van der Waals surface area contributed by atoms with Gasteiger partial charge in [0.25, 0.3) is 0 Å². The van der Waals surface area contributed by atoms with Gasteiger partial charge in [0.05, 0.1) is 71.4 Å². The van der Waals surface area contributed by atoms with Crippen molar-refractivity contribution >= 4 is 134 Å². The molecule has 0 N–H and O–H groups in total. The highest BCUT2D eigenvalue weighted by molar-refractivity contribution is 7.27. The fourth-order valence-electron chi connectivity index (χ4n) is 11.4. The zero-order valence-corrected chi connectivity index (χ0v) is 40.5. The summed E-state index contributed by atoms with van der Waals surface area (Å²) in [6, 6.07) is 43.5. The van der Waals surface area contributed by atoms with Crippen molar-refractivity contribution in [3.05, 3.63) is 235 Å². The van der Waals surface area contributed by atoms with E-state index in [1.807, 2.05) is 121 Å². The molecule has 11 aromatic carbocycles. The molecule has 0 radical (unpaired) electrons. The SMILES string of the molecule is [2H]c1c([2H])c([2H])c2c(sc3c2c([2H])c([2H])c2c4c([2H])c([2H])c5c(sc6c([2H])c([2H])c([2H])c([2H])c65)c4n(-c4c(C#N)c(-c5ccccc5)c([N+]#[C-])c(-n5c6ccccc6c6ccc(-c7ccc8oc9ccccc9c8c7)cc65)c4-c4ccccc4)c32)c1[2H]. The molecule has 75 heavy (non-hydrogen) atoms. The summed E-state index contributed by atoms with van der Waals surface area (Å²) in [5.74, 6) is 0. The first-order valence-electron chi connectivity index (χ1n) is 29.9. The van der Waals surface area contributed by atoms with Crippen LogP contribution in [0.1, 0.15) is 22.0 Å². The summed E-state index contributed by atoms with van der Waals surface area (Å²) in [6.07, 6.45) is 0. The van der Waals surface area contributed by atoms with Crippen LogP contribution < -0.4 is 0 Å². The van der Waals surface area contributed by atoms with Crippen molar-refractivity contribution in [3.63, 3.8) is 0 Å². The fourth-order valence-corrected chi connectivity index (χ4v) is 13.6. The average Bonchev–Trinajstić information content (AvgIpc) is 1.55. The number of nitrogens with zero attached hydrogens (tertiary/aromatic N) is 4. The Morgan fingerprint density at radius 1 is 0.453 bits per heavy atom. The van der Waals surface area contributed by atoms with E-state index in [4.69, 9.17) is 9.90 Å². The molecule has 0 aliphatic carbocycles. The minimum absolute atomic E-state index is 0.000127. The van der Waals surface area contributed by atoms with Crippen LogP contribution in [0.5, 0.6) is 0 Å². The van der Waals surface area contributed by atoms with Crippen LogP contribution in [0.2, 0.25) is 0 Å². The van der Waals surface area contributed by atoms with E-state index in [1.165, 1.54) is 0 Å². The number of nitriles is 1. The van der Waals surface area contributed by atoms with Crippen molar-refractivity contribution in [2.24, 2.45) is 0 Å². The Balaban J connectivity index is 1.20. The minimum atomic E-state index is -0.548. The first kappa shape index (κ1) is 31.6. The highest BCUT2D eigenvalue weighted by Crippen LogP contribution is 2.55. The van der Waals surface area contributed by atoms with E-state index in [0.29, 0.717) is 33.4 Å². The molecule has 0 unspecified atom stereocenters. The number of benzene rings is 11. The summed E-state index contributed by atoms with van der Waals surface area (Å²) in [5, 5.41) is 16.0. The predicted octanol–water partition coefficient (Wildman–Crippen LogP) is 19.9. The molecule has 0 saturated carbocycles. The van der Waals surface area contributed by atoms with E-state index in [0.717, 1.165) is 66.5 Å². The lowest BCUT2D eigenvalue weighted by Gasteiger charge is -2.26. The van der Waals surface area contributed by atoms with Crippen LogP contribution in [0.4, 0.5) is 5.69 Å². The molecule has 0 aliphatic rings. The molecule has 0 spiro atoms. The van der Waals surface area contributed by atoms with Crippen LogP contribution in [0.3, 0.4) is 0 Å². The lowest BCUT2D eigenvalue weighted by Crippen LogP contribution is -2.09. The minimum Gasteiger partial charge on any atom is -0.456 e. The number of aromatic nitrogens is 2. The maximum absolute atomic E-state index is 12.4. The third kappa shape index (κ3) is 5.85. The van der Waals surface area contributed by atoms with Gasteiger partial charge in [0, 0.05) is 74.4 Å². The van der Waals surface area contributed by atoms with Crippen LogP contribution >= 0.6 is 22.7 Å². The Morgan fingerprint density at radius 2 is 1.00 bits per heavy atom. The second kappa shape index (κ2) is 15.9. The van der Waals surface area contributed by atoms with Crippen molar-refractivity contribution in [1.82, 2.24) is 9.13 Å². The lowest BCUT2D eigenvalue weighted by molar-refractivity contribution is 0.669. The molecule has 7 heteroatoms. The molecule has 5 nitrogen and oxygen atoms in total. The van der Waals surface area contributed by atoms with E-state index in [1.54, 1.807) is 4.57 Å². The molecule has 16 aromatic rings. The second-order valence-electron chi connectivity index (χ2n) is 18.3. The van der Waals surface area contributed by atoms with Gasteiger partial charge in [-0.15, -0.1) is 22.7 Å². The first-order valence-corrected chi connectivity index (χ1v) is 25.6. The van der Waals surface area contributed by atoms with E-state index in [-0.39, 0.29) is 96.7 Å². The number of fused-ring (bicyclic) bond motifs is 17. The number of para-hydroxylation sites is 2. The maximum Gasteiger partial charge on any atom is 0.220 e. The van der Waals surface area contributed by atoms with Gasteiger partial charge in [-0.1, -0.05) is 176 Å². The number of hydrogen-bond donors (Lipinski definition) is 0. The summed E-state index contributed by atoms with van der Waals surface area (Å²) in [6.45, 7) is 9.49. The fraction of sp³-hybridized carbons (Fsp3) is 0. The predicted molar refractivity (Wildman–Crippen MR) is 315 cm³/mol. The van der Waals surface area contributed by atoms with Crippen molar-refractivity contribution in [2.45, 2.75) is 0 Å². The normalized spacial score (nSPS) is 14.2. The van der Waals surface area contributed by atoms with Crippen molar-refractivity contribution in [1.29, 1.82) is 5.26 Å². The largest absolute Gasteiger partial charge is 0.456 e.